The first-order valence-electron chi connectivity index (χ1n) is 12.8. The topological polar surface area (TPSA) is 52.7 Å². The van der Waals surface area contributed by atoms with Crippen molar-refractivity contribution >= 4 is 11.7 Å². The molecule has 1 aromatic carbocycles. The minimum Gasteiger partial charge on any atom is -0.338 e. The largest absolute Gasteiger partial charge is 0.338 e. The standard InChI is InChI=1S/C27H43N3O2/c1-4-5-12-24(19-26(31)21(2)28-3)27(32)30-18-15-23-13-9-16-29(20-25(23)30)17-14-22-10-7-6-8-11-22/h6-8,10-11,21,23-25,28H,4-5,9,12-20H2,1-3H3/t21-,23+,24+,25+/m0/s1. The molecule has 5 nitrogen and oxygen atoms in total. The van der Waals surface area contributed by atoms with Gasteiger partial charge in [-0.1, -0.05) is 50.1 Å². The molecule has 2 heterocycles. The first-order valence-corrected chi connectivity index (χ1v) is 12.8. The monoisotopic (exact) mass is 441 g/mol. The van der Waals surface area contributed by atoms with Gasteiger partial charge in [0.05, 0.1) is 6.04 Å². The van der Waals surface area contributed by atoms with Gasteiger partial charge in [0, 0.05) is 38.0 Å². The van der Waals surface area contributed by atoms with E-state index >= 15 is 0 Å². The molecule has 0 spiro atoms. The van der Waals surface area contributed by atoms with E-state index in [1.807, 2.05) is 14.0 Å². The molecule has 2 fully saturated rings. The van der Waals surface area contributed by atoms with Gasteiger partial charge in [0.1, 0.15) is 5.78 Å². The molecule has 0 unspecified atom stereocenters. The van der Waals surface area contributed by atoms with E-state index in [1.165, 1.54) is 18.4 Å². The lowest BCUT2D eigenvalue weighted by Gasteiger charge is -2.33. The highest BCUT2D eigenvalue weighted by molar-refractivity contribution is 5.89. The molecule has 1 N–H and O–H groups in total. The summed E-state index contributed by atoms with van der Waals surface area (Å²) in [5, 5.41) is 3.04. The first-order chi connectivity index (χ1) is 15.5. The van der Waals surface area contributed by atoms with Crippen molar-refractivity contribution < 1.29 is 9.59 Å². The lowest BCUT2D eigenvalue weighted by Crippen LogP contribution is -2.47. The molecule has 0 saturated carbocycles. The zero-order chi connectivity index (χ0) is 22.9. The molecule has 32 heavy (non-hydrogen) atoms. The summed E-state index contributed by atoms with van der Waals surface area (Å²) in [4.78, 5) is 31.1. The van der Waals surface area contributed by atoms with E-state index in [9.17, 15) is 9.59 Å². The average molecular weight is 442 g/mol. The number of hydrogen-bond donors (Lipinski definition) is 1. The van der Waals surface area contributed by atoms with Crippen molar-refractivity contribution in [2.75, 3.05) is 33.2 Å². The number of nitrogens with zero attached hydrogens (tertiary/aromatic N) is 2. The fraction of sp³-hybridized carbons (Fsp3) is 0.704. The van der Waals surface area contributed by atoms with Crippen LogP contribution in [0.3, 0.4) is 0 Å². The number of benzene rings is 1. The number of hydrogen-bond acceptors (Lipinski definition) is 4. The molecular weight excluding hydrogens is 398 g/mol. The van der Waals surface area contributed by atoms with Crippen LogP contribution in [0.2, 0.25) is 0 Å². The Kier molecular flexibility index (Phi) is 9.73. The van der Waals surface area contributed by atoms with Gasteiger partial charge in [0.2, 0.25) is 5.91 Å². The maximum absolute atomic E-state index is 13.7. The summed E-state index contributed by atoms with van der Waals surface area (Å²) in [7, 11) is 1.81. The van der Waals surface area contributed by atoms with Gasteiger partial charge < -0.3 is 15.1 Å². The molecule has 178 valence electrons. The molecule has 0 radical (unpaired) electrons. The van der Waals surface area contributed by atoms with Gasteiger partial charge in [-0.25, -0.2) is 0 Å². The van der Waals surface area contributed by atoms with Crippen LogP contribution < -0.4 is 5.32 Å². The number of amides is 1. The Balaban J connectivity index is 1.65. The van der Waals surface area contributed by atoms with E-state index in [4.69, 9.17) is 0 Å². The Morgan fingerprint density at radius 1 is 1.16 bits per heavy atom. The van der Waals surface area contributed by atoms with Crippen LogP contribution in [0.15, 0.2) is 30.3 Å². The number of Topliss-reactive ketones (excluding diaryl/α,β-unsaturated/α-hetero) is 1. The Bertz CT molecular complexity index is 723. The minimum absolute atomic E-state index is 0.156. The smallest absolute Gasteiger partial charge is 0.226 e. The first kappa shape index (κ1) is 24.9. The van der Waals surface area contributed by atoms with E-state index in [0.717, 1.165) is 58.3 Å². The number of carbonyl (C=O) groups is 2. The molecule has 0 bridgehead atoms. The summed E-state index contributed by atoms with van der Waals surface area (Å²) in [5.41, 5.74) is 1.38. The summed E-state index contributed by atoms with van der Waals surface area (Å²) in [6.07, 6.45) is 7.85. The molecule has 5 heteroatoms. The van der Waals surface area contributed by atoms with Gasteiger partial charge >= 0.3 is 0 Å². The lowest BCUT2D eigenvalue weighted by molar-refractivity contribution is -0.140. The normalized spacial score (nSPS) is 23.4. The van der Waals surface area contributed by atoms with Crippen molar-refractivity contribution in [2.45, 2.75) is 77.3 Å². The van der Waals surface area contributed by atoms with Crippen molar-refractivity contribution in [1.29, 1.82) is 0 Å². The van der Waals surface area contributed by atoms with Crippen molar-refractivity contribution in [2.24, 2.45) is 11.8 Å². The summed E-state index contributed by atoms with van der Waals surface area (Å²) in [6, 6.07) is 10.8. The van der Waals surface area contributed by atoms with Crippen molar-refractivity contribution in [3.05, 3.63) is 35.9 Å². The van der Waals surface area contributed by atoms with E-state index < -0.39 is 0 Å². The Morgan fingerprint density at radius 2 is 1.94 bits per heavy atom. The summed E-state index contributed by atoms with van der Waals surface area (Å²) < 4.78 is 0. The van der Waals surface area contributed by atoms with Crippen molar-refractivity contribution in [3.8, 4) is 0 Å². The fourth-order valence-electron chi connectivity index (χ4n) is 5.42. The number of fused-ring (bicyclic) bond motifs is 1. The molecule has 0 aromatic heterocycles. The highest BCUT2D eigenvalue weighted by Gasteiger charge is 2.41. The van der Waals surface area contributed by atoms with Crippen LogP contribution >= 0.6 is 0 Å². The lowest BCUT2D eigenvalue weighted by atomic mass is 9.91. The molecule has 0 aliphatic carbocycles. The highest BCUT2D eigenvalue weighted by Crippen LogP contribution is 2.33. The molecule has 2 saturated heterocycles. The minimum atomic E-state index is -0.190. The predicted octanol–water partition coefficient (Wildman–Crippen LogP) is 3.92. The maximum atomic E-state index is 13.7. The SMILES string of the molecule is CCCC[C@H](CC(=O)[C@H](C)NC)C(=O)N1CC[C@H]2CCCN(CCc3ccccc3)C[C@H]21. The van der Waals surface area contributed by atoms with Gasteiger partial charge in [-0.15, -0.1) is 0 Å². The number of carbonyl (C=O) groups excluding carboxylic acids is 2. The van der Waals surface area contributed by atoms with Gasteiger partial charge in [0.25, 0.3) is 0 Å². The summed E-state index contributed by atoms with van der Waals surface area (Å²) >= 11 is 0. The van der Waals surface area contributed by atoms with Crippen LogP contribution in [-0.2, 0) is 16.0 Å². The second kappa shape index (κ2) is 12.5. The Hall–Kier alpha value is -1.72. The van der Waals surface area contributed by atoms with E-state index in [0.29, 0.717) is 18.4 Å². The number of ketones is 1. The second-order valence-electron chi connectivity index (χ2n) is 9.85. The van der Waals surface area contributed by atoms with Crippen LogP contribution in [0.25, 0.3) is 0 Å². The zero-order valence-corrected chi connectivity index (χ0v) is 20.4. The molecule has 2 aliphatic heterocycles. The fourth-order valence-corrected chi connectivity index (χ4v) is 5.42. The molecule has 4 atom stereocenters. The molecular formula is C27H43N3O2. The van der Waals surface area contributed by atoms with Crippen LogP contribution in [0.5, 0.6) is 0 Å². The van der Waals surface area contributed by atoms with E-state index in [-0.39, 0.29) is 23.7 Å². The maximum Gasteiger partial charge on any atom is 0.226 e. The Labute approximate surface area is 194 Å². The highest BCUT2D eigenvalue weighted by atomic mass is 16.2. The van der Waals surface area contributed by atoms with Gasteiger partial charge in [-0.2, -0.15) is 0 Å². The second-order valence-corrected chi connectivity index (χ2v) is 9.85. The predicted molar refractivity (Wildman–Crippen MR) is 131 cm³/mol. The molecule has 1 aromatic rings. The number of likely N-dealkylation sites (tertiary alicyclic amines) is 2. The van der Waals surface area contributed by atoms with Gasteiger partial charge in [-0.3, -0.25) is 9.59 Å². The van der Waals surface area contributed by atoms with E-state index in [1.54, 1.807) is 0 Å². The summed E-state index contributed by atoms with van der Waals surface area (Å²) in [5.74, 6) is 0.827. The van der Waals surface area contributed by atoms with Gasteiger partial charge in [-0.05, 0) is 64.1 Å². The number of nitrogens with one attached hydrogen (secondary N) is 1. The Morgan fingerprint density at radius 3 is 2.66 bits per heavy atom. The number of rotatable bonds is 11. The van der Waals surface area contributed by atoms with Crippen LogP contribution in [0.4, 0.5) is 0 Å². The van der Waals surface area contributed by atoms with Crippen molar-refractivity contribution in [3.63, 3.8) is 0 Å². The molecule has 1 amide bonds. The van der Waals surface area contributed by atoms with Crippen LogP contribution in [0.1, 0.15) is 64.4 Å². The van der Waals surface area contributed by atoms with Gasteiger partial charge in [0.15, 0.2) is 0 Å². The van der Waals surface area contributed by atoms with Crippen LogP contribution in [-0.4, -0.2) is 66.8 Å². The third-order valence-electron chi connectivity index (χ3n) is 7.64. The number of likely N-dealkylation sites (N-methyl/N-ethyl adjacent to an activating group) is 1. The molecule has 2 aliphatic rings. The number of unbranched alkanes of at least 4 members (excludes halogenated alkanes) is 1. The summed E-state index contributed by atoms with van der Waals surface area (Å²) in [6.45, 7) is 8.06. The third kappa shape index (κ3) is 6.64. The van der Waals surface area contributed by atoms with Crippen molar-refractivity contribution in [1.82, 2.24) is 15.1 Å². The van der Waals surface area contributed by atoms with E-state index in [2.05, 4.69) is 52.4 Å². The third-order valence-corrected chi connectivity index (χ3v) is 7.64. The molecule has 3 rings (SSSR count). The average Bonchev–Trinajstić information content (AvgIpc) is 3.10. The van der Waals surface area contributed by atoms with Crippen LogP contribution in [0, 0.1) is 11.8 Å². The quantitative estimate of drug-likeness (QED) is 0.566. The zero-order valence-electron chi connectivity index (χ0n) is 20.4.